The Hall–Kier alpha value is -2.71. The molecule has 1 saturated heterocycles. The molecule has 1 fully saturated rings. The van der Waals surface area contributed by atoms with Crippen molar-refractivity contribution in [2.45, 2.75) is 52.7 Å². The highest BCUT2D eigenvalue weighted by molar-refractivity contribution is 6.62. The lowest BCUT2D eigenvalue weighted by Gasteiger charge is -2.32. The predicted octanol–water partition coefficient (Wildman–Crippen LogP) is 2.90. The molecule has 0 radical (unpaired) electrons. The molecule has 0 saturated carbocycles. The lowest BCUT2D eigenvalue weighted by molar-refractivity contribution is 0.00578. The zero-order chi connectivity index (χ0) is 21.0. The molecule has 2 aromatic heterocycles. The summed E-state index contributed by atoms with van der Waals surface area (Å²) in [6.45, 7) is 11.9. The van der Waals surface area contributed by atoms with Gasteiger partial charge in [-0.15, -0.1) is 0 Å². The molecule has 0 spiro atoms. The van der Waals surface area contributed by atoms with Gasteiger partial charge in [0.25, 0.3) is 5.91 Å². The number of anilines is 1. The molecule has 29 heavy (non-hydrogen) atoms. The lowest BCUT2D eigenvalue weighted by Crippen LogP contribution is -2.41. The molecular formula is C21H25BN4O3. The fraction of sp³-hybridized carbons (Fsp3) is 0.381. The Bertz CT molecular complexity index is 1070. The van der Waals surface area contributed by atoms with Crippen LogP contribution in [0.15, 0.2) is 36.5 Å². The van der Waals surface area contributed by atoms with Gasteiger partial charge in [-0.25, -0.2) is 9.50 Å². The third-order valence-corrected chi connectivity index (χ3v) is 5.72. The van der Waals surface area contributed by atoms with E-state index in [0.29, 0.717) is 16.9 Å². The molecule has 3 aromatic rings. The molecule has 3 heterocycles. The first-order valence-corrected chi connectivity index (χ1v) is 9.66. The smallest absolute Gasteiger partial charge is 0.399 e. The largest absolute Gasteiger partial charge is 0.494 e. The van der Waals surface area contributed by atoms with Crippen molar-refractivity contribution in [2.75, 3.05) is 5.32 Å². The van der Waals surface area contributed by atoms with Crippen LogP contribution in [0, 0.1) is 13.8 Å². The lowest BCUT2D eigenvalue weighted by atomic mass is 9.79. The van der Waals surface area contributed by atoms with Gasteiger partial charge in [0.2, 0.25) is 0 Å². The monoisotopic (exact) mass is 392 g/mol. The Morgan fingerprint density at radius 3 is 2.31 bits per heavy atom. The van der Waals surface area contributed by atoms with E-state index in [1.54, 1.807) is 10.7 Å². The quantitative estimate of drug-likeness (QED) is 0.694. The summed E-state index contributed by atoms with van der Waals surface area (Å²) >= 11 is 0. The van der Waals surface area contributed by atoms with Gasteiger partial charge in [0.05, 0.1) is 17.4 Å². The zero-order valence-electron chi connectivity index (χ0n) is 17.6. The molecular weight excluding hydrogens is 367 g/mol. The van der Waals surface area contributed by atoms with Gasteiger partial charge in [0, 0.05) is 17.1 Å². The van der Waals surface area contributed by atoms with Gasteiger partial charge >= 0.3 is 7.12 Å². The van der Waals surface area contributed by atoms with Gasteiger partial charge in [0.1, 0.15) is 5.56 Å². The van der Waals surface area contributed by atoms with E-state index in [2.05, 4.69) is 15.4 Å². The Balaban J connectivity index is 1.52. The molecule has 0 unspecified atom stereocenters. The standard InChI is InChI=1S/C21H25BN4O3/c1-13-11-14(2)26-18(24-13)17(12-23-26)19(27)25-16-9-7-15(8-10-16)22-28-20(3,4)21(5,6)29-22/h7-12H,1-6H3,(H,25,27). The number of hydrogen-bond acceptors (Lipinski definition) is 5. The van der Waals surface area contributed by atoms with Crippen LogP contribution in [0.4, 0.5) is 5.69 Å². The van der Waals surface area contributed by atoms with Crippen LogP contribution in [0.1, 0.15) is 49.4 Å². The number of carbonyl (C=O) groups is 1. The van der Waals surface area contributed by atoms with E-state index in [9.17, 15) is 4.79 Å². The van der Waals surface area contributed by atoms with Gasteiger partial charge < -0.3 is 14.6 Å². The van der Waals surface area contributed by atoms with Crippen LogP contribution in [-0.2, 0) is 9.31 Å². The molecule has 0 aliphatic carbocycles. The Morgan fingerprint density at radius 1 is 1.07 bits per heavy atom. The van der Waals surface area contributed by atoms with Crippen molar-refractivity contribution in [1.82, 2.24) is 14.6 Å². The number of nitrogens with one attached hydrogen (secondary N) is 1. The first kappa shape index (κ1) is 19.6. The second-order valence-electron chi connectivity index (χ2n) is 8.50. The van der Waals surface area contributed by atoms with E-state index >= 15 is 0 Å². The average molecular weight is 392 g/mol. The second-order valence-corrected chi connectivity index (χ2v) is 8.50. The van der Waals surface area contributed by atoms with Gasteiger partial charge in [0.15, 0.2) is 5.65 Å². The summed E-state index contributed by atoms with van der Waals surface area (Å²) in [6.07, 6.45) is 1.54. The van der Waals surface area contributed by atoms with Gasteiger partial charge in [-0.05, 0) is 65.2 Å². The van der Waals surface area contributed by atoms with Crippen molar-refractivity contribution >= 4 is 29.8 Å². The third-order valence-electron chi connectivity index (χ3n) is 5.72. The Morgan fingerprint density at radius 2 is 1.69 bits per heavy atom. The van der Waals surface area contributed by atoms with Crippen LogP contribution in [0.5, 0.6) is 0 Å². The minimum absolute atomic E-state index is 0.249. The summed E-state index contributed by atoms with van der Waals surface area (Å²) in [5.41, 5.74) is 3.56. The Labute approximate surface area is 170 Å². The maximum Gasteiger partial charge on any atom is 0.494 e. The molecule has 1 aromatic carbocycles. The minimum Gasteiger partial charge on any atom is -0.399 e. The number of aryl methyl sites for hydroxylation is 2. The average Bonchev–Trinajstić information content (AvgIpc) is 3.14. The molecule has 1 N–H and O–H groups in total. The number of hydrogen-bond donors (Lipinski definition) is 1. The van der Waals surface area contributed by atoms with Crippen molar-refractivity contribution in [2.24, 2.45) is 0 Å². The fourth-order valence-electron chi connectivity index (χ4n) is 3.33. The molecule has 8 heteroatoms. The zero-order valence-corrected chi connectivity index (χ0v) is 17.6. The van der Waals surface area contributed by atoms with E-state index in [4.69, 9.17) is 9.31 Å². The fourth-order valence-corrected chi connectivity index (χ4v) is 3.33. The maximum absolute atomic E-state index is 12.8. The molecule has 1 aliphatic rings. The van der Waals surface area contributed by atoms with E-state index in [-0.39, 0.29) is 5.91 Å². The number of nitrogens with zero attached hydrogens (tertiary/aromatic N) is 3. The van der Waals surface area contributed by atoms with Crippen LogP contribution < -0.4 is 10.8 Å². The van der Waals surface area contributed by atoms with E-state index in [1.807, 2.05) is 71.9 Å². The van der Waals surface area contributed by atoms with Crippen LogP contribution in [-0.4, -0.2) is 38.8 Å². The van der Waals surface area contributed by atoms with Crippen molar-refractivity contribution in [3.8, 4) is 0 Å². The molecule has 0 bridgehead atoms. The van der Waals surface area contributed by atoms with Gasteiger partial charge in [-0.3, -0.25) is 4.79 Å². The molecule has 1 amide bonds. The highest BCUT2D eigenvalue weighted by Crippen LogP contribution is 2.36. The molecule has 4 rings (SSSR count). The minimum atomic E-state index is -0.431. The summed E-state index contributed by atoms with van der Waals surface area (Å²) in [7, 11) is -0.431. The van der Waals surface area contributed by atoms with Crippen LogP contribution in [0.25, 0.3) is 5.65 Å². The first-order chi connectivity index (χ1) is 13.6. The van der Waals surface area contributed by atoms with Crippen LogP contribution in [0.2, 0.25) is 0 Å². The molecule has 150 valence electrons. The summed E-state index contributed by atoms with van der Waals surface area (Å²) in [4.78, 5) is 17.2. The maximum atomic E-state index is 12.8. The van der Waals surface area contributed by atoms with Crippen molar-refractivity contribution in [3.05, 3.63) is 53.5 Å². The first-order valence-electron chi connectivity index (χ1n) is 9.66. The molecule has 0 atom stereocenters. The number of amides is 1. The normalized spacial score (nSPS) is 17.7. The number of carbonyl (C=O) groups excluding carboxylic acids is 1. The number of fused-ring (bicyclic) bond motifs is 1. The van der Waals surface area contributed by atoms with Crippen molar-refractivity contribution in [3.63, 3.8) is 0 Å². The van der Waals surface area contributed by atoms with Gasteiger partial charge in [-0.2, -0.15) is 5.10 Å². The summed E-state index contributed by atoms with van der Waals surface area (Å²) < 4.78 is 13.8. The van der Waals surface area contributed by atoms with E-state index in [0.717, 1.165) is 16.9 Å². The highest BCUT2D eigenvalue weighted by atomic mass is 16.7. The molecule has 7 nitrogen and oxygen atoms in total. The van der Waals surface area contributed by atoms with E-state index in [1.165, 1.54) is 0 Å². The SMILES string of the molecule is Cc1cc(C)n2ncc(C(=O)Nc3ccc(B4OC(C)(C)C(C)(C)O4)cc3)c2n1. The predicted molar refractivity (Wildman–Crippen MR) is 113 cm³/mol. The number of aromatic nitrogens is 3. The number of rotatable bonds is 3. The number of benzene rings is 1. The summed E-state index contributed by atoms with van der Waals surface area (Å²) in [5, 5.41) is 7.19. The highest BCUT2D eigenvalue weighted by Gasteiger charge is 2.51. The third kappa shape index (κ3) is 3.43. The molecule has 1 aliphatic heterocycles. The summed E-state index contributed by atoms with van der Waals surface area (Å²) in [5.74, 6) is -0.249. The Kier molecular flexibility index (Phi) is 4.51. The van der Waals surface area contributed by atoms with Crippen LogP contribution >= 0.6 is 0 Å². The van der Waals surface area contributed by atoms with Crippen molar-refractivity contribution < 1.29 is 14.1 Å². The second kappa shape index (κ2) is 6.67. The van der Waals surface area contributed by atoms with Crippen molar-refractivity contribution in [1.29, 1.82) is 0 Å². The van der Waals surface area contributed by atoms with E-state index < -0.39 is 18.3 Å². The topological polar surface area (TPSA) is 77.8 Å². The summed E-state index contributed by atoms with van der Waals surface area (Å²) in [6, 6.07) is 9.42. The van der Waals surface area contributed by atoms with Gasteiger partial charge in [-0.1, -0.05) is 12.1 Å². The van der Waals surface area contributed by atoms with Crippen LogP contribution in [0.3, 0.4) is 0 Å².